The van der Waals surface area contributed by atoms with E-state index in [1.807, 2.05) is 0 Å². The Morgan fingerprint density at radius 1 is 1.43 bits per heavy atom. The van der Waals surface area contributed by atoms with Crippen molar-refractivity contribution in [1.82, 2.24) is 14.5 Å². The summed E-state index contributed by atoms with van der Waals surface area (Å²) in [6, 6.07) is 0.428. The van der Waals surface area contributed by atoms with Crippen LogP contribution in [0.1, 0.15) is 33.4 Å². The van der Waals surface area contributed by atoms with Crippen molar-refractivity contribution in [2.45, 2.75) is 51.1 Å². The van der Waals surface area contributed by atoms with Crippen molar-refractivity contribution in [1.29, 1.82) is 0 Å². The highest BCUT2D eigenvalue weighted by atomic mass is 16.6. The Bertz CT molecular complexity index is 689. The molecule has 1 amide bonds. The minimum atomic E-state index is -1.08. The van der Waals surface area contributed by atoms with E-state index in [4.69, 9.17) is 4.74 Å². The standard InChI is InChI=1S/C14H21N3O6/c1-14(2,3)23-13(22)17-8(7-18)6-9(19)11(17)16-5-4-10(20)15-12(16)21/h4-5,8-9,11,18-19H,6-7H2,1-3H3,(H,15,20,21)/t8-,9+,11+/m0/s1. The molecular weight excluding hydrogens is 306 g/mol. The quantitative estimate of drug-likeness (QED) is 0.666. The Morgan fingerprint density at radius 3 is 2.61 bits per heavy atom. The smallest absolute Gasteiger partial charge is 0.412 e. The van der Waals surface area contributed by atoms with Crippen molar-refractivity contribution in [2.75, 3.05) is 6.61 Å². The van der Waals surface area contributed by atoms with Crippen LogP contribution in [0.3, 0.4) is 0 Å². The monoisotopic (exact) mass is 327 g/mol. The summed E-state index contributed by atoms with van der Waals surface area (Å²) in [7, 11) is 0. The Kier molecular flexibility index (Phi) is 4.62. The summed E-state index contributed by atoms with van der Waals surface area (Å²) >= 11 is 0. The Morgan fingerprint density at radius 2 is 2.09 bits per heavy atom. The number of likely N-dealkylation sites (tertiary alicyclic amines) is 1. The Balaban J connectivity index is 2.43. The van der Waals surface area contributed by atoms with Gasteiger partial charge in [0.1, 0.15) is 11.8 Å². The van der Waals surface area contributed by atoms with Crippen molar-refractivity contribution in [3.05, 3.63) is 33.1 Å². The summed E-state index contributed by atoms with van der Waals surface area (Å²) in [5, 5.41) is 19.7. The second-order valence-electron chi connectivity index (χ2n) is 6.46. The number of carbonyl (C=O) groups excluding carboxylic acids is 1. The van der Waals surface area contributed by atoms with Gasteiger partial charge < -0.3 is 14.9 Å². The lowest BCUT2D eigenvalue weighted by molar-refractivity contribution is -0.00968. The van der Waals surface area contributed by atoms with E-state index in [1.165, 1.54) is 6.20 Å². The number of H-pyrrole nitrogens is 1. The largest absolute Gasteiger partial charge is 0.444 e. The zero-order chi connectivity index (χ0) is 17.4. The third-order valence-electron chi connectivity index (χ3n) is 3.49. The van der Waals surface area contributed by atoms with E-state index in [2.05, 4.69) is 4.98 Å². The fourth-order valence-corrected chi connectivity index (χ4v) is 2.60. The van der Waals surface area contributed by atoms with Gasteiger partial charge in [-0.2, -0.15) is 0 Å². The van der Waals surface area contributed by atoms with Gasteiger partial charge in [0.2, 0.25) is 0 Å². The lowest BCUT2D eigenvalue weighted by Gasteiger charge is -2.32. The molecule has 1 aromatic heterocycles. The van der Waals surface area contributed by atoms with Crippen molar-refractivity contribution in [2.24, 2.45) is 0 Å². The van der Waals surface area contributed by atoms with Gasteiger partial charge in [-0.3, -0.25) is 19.2 Å². The molecule has 1 saturated heterocycles. The first-order valence-corrected chi connectivity index (χ1v) is 7.26. The maximum absolute atomic E-state index is 12.4. The highest BCUT2D eigenvalue weighted by Crippen LogP contribution is 2.32. The van der Waals surface area contributed by atoms with Gasteiger partial charge in [0.05, 0.1) is 18.8 Å². The van der Waals surface area contributed by atoms with Crippen LogP contribution in [0.2, 0.25) is 0 Å². The van der Waals surface area contributed by atoms with Crippen molar-refractivity contribution < 1.29 is 19.7 Å². The number of carbonyl (C=O) groups is 1. The minimum absolute atomic E-state index is 0.0893. The summed E-state index contributed by atoms with van der Waals surface area (Å²) in [6.07, 6.45) is -1.61. The molecule has 0 saturated carbocycles. The third-order valence-corrected chi connectivity index (χ3v) is 3.49. The van der Waals surface area contributed by atoms with E-state index in [1.54, 1.807) is 20.8 Å². The van der Waals surface area contributed by atoms with Gasteiger partial charge in [-0.05, 0) is 20.8 Å². The van der Waals surface area contributed by atoms with Crippen LogP contribution < -0.4 is 11.2 Å². The van der Waals surface area contributed by atoms with E-state index in [9.17, 15) is 24.6 Å². The average Bonchev–Trinajstić information content (AvgIpc) is 2.74. The van der Waals surface area contributed by atoms with Gasteiger partial charge in [0, 0.05) is 18.7 Å². The molecule has 0 aromatic carbocycles. The first-order valence-electron chi connectivity index (χ1n) is 7.26. The molecule has 0 bridgehead atoms. The number of aromatic nitrogens is 2. The molecule has 0 unspecified atom stereocenters. The van der Waals surface area contributed by atoms with Crippen molar-refractivity contribution in [3.8, 4) is 0 Å². The molecule has 3 N–H and O–H groups in total. The highest BCUT2D eigenvalue weighted by Gasteiger charge is 2.46. The van der Waals surface area contributed by atoms with E-state index < -0.39 is 41.3 Å². The van der Waals surface area contributed by atoms with E-state index in [0.29, 0.717) is 0 Å². The van der Waals surface area contributed by atoms with Gasteiger partial charge in [-0.15, -0.1) is 0 Å². The number of ether oxygens (including phenoxy) is 1. The summed E-state index contributed by atoms with van der Waals surface area (Å²) in [5.41, 5.74) is -2.11. The second kappa shape index (κ2) is 6.17. The van der Waals surface area contributed by atoms with E-state index >= 15 is 0 Å². The second-order valence-corrected chi connectivity index (χ2v) is 6.46. The SMILES string of the molecule is CC(C)(C)OC(=O)N1[C@H](CO)C[C@@H](O)[C@@H]1n1ccc(=O)[nH]c1=O. The maximum Gasteiger partial charge on any atom is 0.412 e. The molecule has 0 aliphatic carbocycles. The fraction of sp³-hybridized carbons (Fsp3) is 0.643. The molecule has 1 fully saturated rings. The molecule has 0 radical (unpaired) electrons. The molecule has 23 heavy (non-hydrogen) atoms. The van der Waals surface area contributed by atoms with Crippen LogP contribution >= 0.6 is 0 Å². The van der Waals surface area contributed by atoms with Crippen molar-refractivity contribution in [3.63, 3.8) is 0 Å². The van der Waals surface area contributed by atoms with Crippen LogP contribution in [0.25, 0.3) is 0 Å². The molecule has 1 aromatic rings. The molecule has 9 nitrogen and oxygen atoms in total. The summed E-state index contributed by atoms with van der Waals surface area (Å²) in [4.78, 5) is 38.8. The molecule has 3 atom stereocenters. The fourth-order valence-electron chi connectivity index (χ4n) is 2.60. The molecule has 128 valence electrons. The molecular formula is C14H21N3O6. The normalized spacial score (nSPS) is 24.7. The molecule has 0 spiro atoms. The van der Waals surface area contributed by atoms with Crippen LogP contribution in [0, 0.1) is 0 Å². The number of hydrogen-bond donors (Lipinski definition) is 3. The molecule has 2 heterocycles. The summed E-state index contributed by atoms with van der Waals surface area (Å²) in [5.74, 6) is 0. The van der Waals surface area contributed by atoms with Gasteiger partial charge in [-0.25, -0.2) is 9.59 Å². The number of aliphatic hydroxyl groups excluding tert-OH is 2. The number of aliphatic hydroxyl groups is 2. The summed E-state index contributed by atoms with van der Waals surface area (Å²) < 4.78 is 6.34. The van der Waals surface area contributed by atoms with Crippen LogP contribution in [-0.4, -0.2) is 55.1 Å². The van der Waals surface area contributed by atoms with E-state index in [-0.39, 0.29) is 13.0 Å². The molecule has 1 aliphatic heterocycles. The van der Waals surface area contributed by atoms with Crippen LogP contribution in [0.4, 0.5) is 4.79 Å². The lowest BCUT2D eigenvalue weighted by Crippen LogP contribution is -2.47. The minimum Gasteiger partial charge on any atom is -0.444 e. The van der Waals surface area contributed by atoms with Crippen LogP contribution in [-0.2, 0) is 4.74 Å². The number of rotatable bonds is 2. The molecule has 9 heteroatoms. The predicted octanol–water partition coefficient (Wildman–Crippen LogP) is -0.602. The first kappa shape index (κ1) is 17.2. The van der Waals surface area contributed by atoms with E-state index in [0.717, 1.165) is 15.5 Å². The topological polar surface area (TPSA) is 125 Å². The number of nitrogens with one attached hydrogen (secondary N) is 1. The predicted molar refractivity (Wildman–Crippen MR) is 79.9 cm³/mol. The molecule has 1 aliphatic rings. The highest BCUT2D eigenvalue weighted by molar-refractivity contribution is 5.69. The summed E-state index contributed by atoms with van der Waals surface area (Å²) in [6.45, 7) is 4.68. The van der Waals surface area contributed by atoms with Crippen LogP contribution in [0.5, 0.6) is 0 Å². The Labute approximate surface area is 132 Å². The lowest BCUT2D eigenvalue weighted by atomic mass is 10.2. The number of nitrogens with zero attached hydrogens (tertiary/aromatic N) is 2. The van der Waals surface area contributed by atoms with Gasteiger partial charge >= 0.3 is 11.8 Å². The van der Waals surface area contributed by atoms with Gasteiger partial charge in [0.25, 0.3) is 5.56 Å². The zero-order valence-corrected chi connectivity index (χ0v) is 13.2. The number of amides is 1. The number of aromatic amines is 1. The average molecular weight is 327 g/mol. The maximum atomic E-state index is 12.4. The number of hydrogen-bond acceptors (Lipinski definition) is 6. The van der Waals surface area contributed by atoms with Crippen LogP contribution in [0.15, 0.2) is 21.9 Å². The van der Waals surface area contributed by atoms with Crippen molar-refractivity contribution >= 4 is 6.09 Å². The first-order chi connectivity index (χ1) is 10.6. The Hall–Kier alpha value is -2.13. The van der Waals surface area contributed by atoms with Gasteiger partial charge in [0.15, 0.2) is 0 Å². The third kappa shape index (κ3) is 3.62. The molecule has 2 rings (SSSR count). The van der Waals surface area contributed by atoms with Gasteiger partial charge in [-0.1, -0.05) is 0 Å². The zero-order valence-electron chi connectivity index (χ0n) is 13.2.